The lowest BCUT2D eigenvalue weighted by atomic mass is 10.1. The number of halogens is 3. The van der Waals surface area contributed by atoms with Crippen molar-refractivity contribution in [1.82, 2.24) is 0 Å². The highest BCUT2D eigenvalue weighted by Crippen LogP contribution is 2.31. The Labute approximate surface area is 105 Å². The van der Waals surface area contributed by atoms with Crippen molar-refractivity contribution in [2.45, 2.75) is 13.3 Å². The van der Waals surface area contributed by atoms with Crippen molar-refractivity contribution < 1.29 is 32.5 Å². The molecule has 0 aliphatic carbocycles. The molecule has 0 fully saturated rings. The fourth-order valence-electron chi connectivity index (χ4n) is 1.25. The maximum atomic E-state index is 12.1. The number of alkyl halides is 3. The van der Waals surface area contributed by atoms with Gasteiger partial charge in [-0.3, -0.25) is 0 Å². The maximum Gasteiger partial charge on any atom is 0.573 e. The fraction of sp³-hybridized carbons (Fsp3) is 0.273. The largest absolute Gasteiger partial charge is 0.573 e. The van der Waals surface area contributed by atoms with Gasteiger partial charge in [0.2, 0.25) is 0 Å². The Kier molecular flexibility index (Phi) is 4.22. The maximum absolute atomic E-state index is 12.1. The molecule has 0 aliphatic heterocycles. The van der Waals surface area contributed by atoms with Gasteiger partial charge in [-0.2, -0.15) is 5.26 Å². The van der Waals surface area contributed by atoms with E-state index in [2.05, 4.69) is 9.47 Å². The van der Waals surface area contributed by atoms with Crippen LogP contribution in [0.1, 0.15) is 22.8 Å². The number of hydrogen-bond donors (Lipinski definition) is 1. The van der Waals surface area contributed by atoms with Crippen LogP contribution in [0.4, 0.5) is 13.2 Å². The van der Waals surface area contributed by atoms with Crippen molar-refractivity contribution in [3.05, 3.63) is 23.3 Å². The topological polar surface area (TPSA) is 79.5 Å². The Morgan fingerprint density at radius 2 is 2.11 bits per heavy atom. The zero-order chi connectivity index (χ0) is 14.6. The second kappa shape index (κ2) is 5.48. The van der Waals surface area contributed by atoms with Crippen LogP contribution < -0.4 is 4.74 Å². The molecule has 1 N–H and O–H groups in total. The van der Waals surface area contributed by atoms with Crippen LogP contribution in [0.25, 0.3) is 0 Å². The summed E-state index contributed by atoms with van der Waals surface area (Å²) in [4.78, 5) is 11.4. The summed E-state index contributed by atoms with van der Waals surface area (Å²) < 4.78 is 44.4. The second-order valence-corrected chi connectivity index (χ2v) is 3.25. The Balaban J connectivity index is 3.27. The molecule has 0 bridgehead atoms. The Bertz CT molecular complexity index is 534. The van der Waals surface area contributed by atoms with Gasteiger partial charge in [-0.1, -0.05) is 0 Å². The summed E-state index contributed by atoms with van der Waals surface area (Å²) in [6, 6.07) is 2.78. The summed E-state index contributed by atoms with van der Waals surface area (Å²) in [5.41, 5.74) is -1.09. The molecule has 0 atom stereocenters. The van der Waals surface area contributed by atoms with E-state index in [-0.39, 0.29) is 6.61 Å². The van der Waals surface area contributed by atoms with Gasteiger partial charge in [0.25, 0.3) is 0 Å². The van der Waals surface area contributed by atoms with Gasteiger partial charge in [0, 0.05) is 6.07 Å². The lowest BCUT2D eigenvalue weighted by molar-refractivity contribution is -0.274. The average Bonchev–Trinajstić information content (AvgIpc) is 2.29. The summed E-state index contributed by atoms with van der Waals surface area (Å²) in [7, 11) is 0. The van der Waals surface area contributed by atoms with Crippen molar-refractivity contribution in [1.29, 1.82) is 5.26 Å². The molecule has 0 unspecified atom stereocenters. The summed E-state index contributed by atoms with van der Waals surface area (Å²) in [6.45, 7) is 1.45. The normalized spacial score (nSPS) is 10.7. The molecule has 0 amide bonds. The lowest BCUT2D eigenvalue weighted by Gasteiger charge is -2.12. The van der Waals surface area contributed by atoms with Gasteiger partial charge in [0.15, 0.2) is 0 Å². The van der Waals surface area contributed by atoms with Crippen LogP contribution in [0, 0.1) is 11.3 Å². The molecule has 19 heavy (non-hydrogen) atoms. The predicted molar refractivity (Wildman–Crippen MR) is 55.5 cm³/mol. The number of nitriles is 1. The van der Waals surface area contributed by atoms with E-state index in [1.807, 2.05) is 0 Å². The summed E-state index contributed by atoms with van der Waals surface area (Å²) in [5.74, 6) is -2.59. The quantitative estimate of drug-likeness (QED) is 0.856. The number of esters is 1. The van der Waals surface area contributed by atoms with E-state index in [0.29, 0.717) is 12.1 Å². The number of hydrogen-bond acceptors (Lipinski definition) is 5. The van der Waals surface area contributed by atoms with Crippen molar-refractivity contribution in [2.75, 3.05) is 6.61 Å². The van der Waals surface area contributed by atoms with Crippen LogP contribution in [0.2, 0.25) is 0 Å². The van der Waals surface area contributed by atoms with E-state index < -0.39 is 35.0 Å². The standard InChI is InChI=1S/C11H8F3NO4/c1-2-18-10(17)8-4-7(19-11(12,13)14)3-6(5-15)9(8)16/h3-4,16H,2H2,1H3. The molecule has 0 radical (unpaired) electrons. The molecule has 0 heterocycles. The molecule has 0 saturated heterocycles. The lowest BCUT2D eigenvalue weighted by Crippen LogP contribution is -2.17. The minimum Gasteiger partial charge on any atom is -0.506 e. The fourth-order valence-corrected chi connectivity index (χ4v) is 1.25. The first-order chi connectivity index (χ1) is 8.78. The minimum atomic E-state index is -4.98. The molecule has 0 aromatic heterocycles. The third-order valence-corrected chi connectivity index (χ3v) is 1.93. The molecule has 1 aromatic carbocycles. The van der Waals surface area contributed by atoms with Gasteiger partial charge >= 0.3 is 12.3 Å². The Morgan fingerprint density at radius 3 is 2.58 bits per heavy atom. The first-order valence-corrected chi connectivity index (χ1v) is 4.98. The van der Waals surface area contributed by atoms with E-state index in [0.717, 1.165) is 0 Å². The first-order valence-electron chi connectivity index (χ1n) is 4.98. The van der Waals surface area contributed by atoms with Crippen molar-refractivity contribution in [3.63, 3.8) is 0 Å². The molecule has 102 valence electrons. The zero-order valence-electron chi connectivity index (χ0n) is 9.61. The number of ether oxygens (including phenoxy) is 2. The summed E-state index contributed by atoms with van der Waals surface area (Å²) in [6.07, 6.45) is -4.98. The molecular formula is C11H8F3NO4. The van der Waals surface area contributed by atoms with E-state index in [9.17, 15) is 23.1 Å². The number of carbonyl (C=O) groups is 1. The highest BCUT2D eigenvalue weighted by Gasteiger charge is 2.32. The SMILES string of the molecule is CCOC(=O)c1cc(OC(F)(F)F)cc(C#N)c1O. The van der Waals surface area contributed by atoms with Crippen molar-refractivity contribution in [3.8, 4) is 17.6 Å². The third-order valence-electron chi connectivity index (χ3n) is 1.93. The highest BCUT2D eigenvalue weighted by molar-refractivity contribution is 5.93. The average molecular weight is 275 g/mol. The summed E-state index contributed by atoms with van der Waals surface area (Å²) in [5, 5.41) is 18.2. The Morgan fingerprint density at radius 1 is 1.47 bits per heavy atom. The van der Waals surface area contributed by atoms with Crippen LogP contribution in [0.5, 0.6) is 11.5 Å². The van der Waals surface area contributed by atoms with Gasteiger partial charge in [0.1, 0.15) is 23.1 Å². The van der Waals surface area contributed by atoms with Crippen molar-refractivity contribution >= 4 is 5.97 Å². The molecule has 1 aromatic rings. The monoisotopic (exact) mass is 275 g/mol. The number of carbonyl (C=O) groups excluding carboxylic acids is 1. The van der Waals surface area contributed by atoms with Gasteiger partial charge < -0.3 is 14.6 Å². The van der Waals surface area contributed by atoms with Gasteiger partial charge in [-0.05, 0) is 13.0 Å². The summed E-state index contributed by atoms with van der Waals surface area (Å²) >= 11 is 0. The minimum absolute atomic E-state index is 0.0372. The molecule has 0 spiro atoms. The van der Waals surface area contributed by atoms with E-state index in [4.69, 9.17) is 5.26 Å². The first kappa shape index (κ1) is 14.6. The number of phenolic OH excluding ortho intramolecular Hbond substituents is 1. The molecule has 0 aliphatic rings. The molecule has 8 heteroatoms. The van der Waals surface area contributed by atoms with Gasteiger partial charge in [0.05, 0.1) is 12.2 Å². The molecule has 0 saturated carbocycles. The van der Waals surface area contributed by atoms with E-state index >= 15 is 0 Å². The van der Waals surface area contributed by atoms with Crippen LogP contribution >= 0.6 is 0 Å². The van der Waals surface area contributed by atoms with Crippen LogP contribution in [0.3, 0.4) is 0 Å². The number of phenols is 1. The number of aromatic hydroxyl groups is 1. The third kappa shape index (κ3) is 3.77. The Hall–Kier alpha value is -2.43. The van der Waals surface area contributed by atoms with Gasteiger partial charge in [-0.15, -0.1) is 13.2 Å². The second-order valence-electron chi connectivity index (χ2n) is 3.25. The van der Waals surface area contributed by atoms with Crippen LogP contribution in [0.15, 0.2) is 12.1 Å². The zero-order valence-corrected chi connectivity index (χ0v) is 9.61. The van der Waals surface area contributed by atoms with E-state index in [1.54, 1.807) is 0 Å². The number of benzene rings is 1. The van der Waals surface area contributed by atoms with Gasteiger partial charge in [-0.25, -0.2) is 4.79 Å². The molecular weight excluding hydrogens is 267 g/mol. The number of rotatable bonds is 3. The smallest absolute Gasteiger partial charge is 0.506 e. The highest BCUT2D eigenvalue weighted by atomic mass is 19.4. The van der Waals surface area contributed by atoms with Crippen LogP contribution in [-0.2, 0) is 4.74 Å². The predicted octanol–water partition coefficient (Wildman–Crippen LogP) is 2.34. The van der Waals surface area contributed by atoms with E-state index in [1.165, 1.54) is 13.0 Å². The number of nitrogens with zero attached hydrogens (tertiary/aromatic N) is 1. The molecule has 1 rings (SSSR count). The van der Waals surface area contributed by atoms with Crippen molar-refractivity contribution in [2.24, 2.45) is 0 Å². The van der Waals surface area contributed by atoms with Crippen LogP contribution in [-0.4, -0.2) is 24.0 Å². The molecule has 5 nitrogen and oxygen atoms in total.